The van der Waals surface area contributed by atoms with Crippen LogP contribution in [0.1, 0.15) is 31.2 Å². The average Bonchev–Trinajstić information content (AvgIpc) is 3.02. The van der Waals surface area contributed by atoms with E-state index in [4.69, 9.17) is 0 Å². The molecule has 0 unspecified atom stereocenters. The molecule has 0 radical (unpaired) electrons. The number of rotatable bonds is 4. The Morgan fingerprint density at radius 3 is 2.29 bits per heavy atom. The molecule has 1 saturated carbocycles. The summed E-state index contributed by atoms with van der Waals surface area (Å²) in [5.41, 5.74) is 3.35. The van der Waals surface area contributed by atoms with Crippen LogP contribution >= 0.6 is 0 Å². The molecule has 1 amide bonds. The van der Waals surface area contributed by atoms with E-state index in [-0.39, 0.29) is 5.91 Å². The van der Waals surface area contributed by atoms with Gasteiger partial charge in [-0.2, -0.15) is 0 Å². The number of nitrogens with zero attached hydrogens (tertiary/aromatic N) is 1. The van der Waals surface area contributed by atoms with E-state index in [0.717, 1.165) is 29.5 Å². The number of pyridine rings is 1. The minimum absolute atomic E-state index is 0.138. The van der Waals surface area contributed by atoms with Crippen LogP contribution in [0.2, 0.25) is 0 Å². The highest BCUT2D eigenvalue weighted by Crippen LogP contribution is 2.20. The van der Waals surface area contributed by atoms with E-state index in [1.54, 1.807) is 12.4 Å². The highest BCUT2D eigenvalue weighted by atomic mass is 16.1. The summed E-state index contributed by atoms with van der Waals surface area (Å²) in [6, 6.07) is 12.6. The topological polar surface area (TPSA) is 42.0 Å². The van der Waals surface area contributed by atoms with E-state index in [2.05, 4.69) is 22.4 Å². The Labute approximate surface area is 125 Å². The lowest BCUT2D eigenvalue weighted by Crippen LogP contribution is -2.33. The molecule has 1 fully saturated rings. The number of nitrogens with one attached hydrogen (secondary N) is 1. The van der Waals surface area contributed by atoms with Gasteiger partial charge in [0, 0.05) is 18.4 Å². The van der Waals surface area contributed by atoms with Gasteiger partial charge in [0.25, 0.3) is 0 Å². The lowest BCUT2D eigenvalue weighted by molar-refractivity contribution is -0.121. The van der Waals surface area contributed by atoms with Gasteiger partial charge in [0.05, 0.1) is 6.42 Å². The van der Waals surface area contributed by atoms with Crippen molar-refractivity contribution in [2.24, 2.45) is 0 Å². The molecule has 3 heteroatoms. The number of hydrogen-bond donors (Lipinski definition) is 1. The largest absolute Gasteiger partial charge is 0.353 e. The third kappa shape index (κ3) is 3.69. The molecule has 1 aliphatic rings. The maximum absolute atomic E-state index is 12.0. The molecule has 0 saturated heterocycles. The van der Waals surface area contributed by atoms with Crippen molar-refractivity contribution in [1.29, 1.82) is 0 Å². The zero-order valence-corrected chi connectivity index (χ0v) is 12.1. The van der Waals surface area contributed by atoms with Crippen molar-refractivity contribution in [3.05, 3.63) is 54.4 Å². The van der Waals surface area contributed by atoms with Gasteiger partial charge in [-0.1, -0.05) is 37.1 Å². The summed E-state index contributed by atoms with van der Waals surface area (Å²) in [5, 5.41) is 3.13. The summed E-state index contributed by atoms with van der Waals surface area (Å²) in [7, 11) is 0. The third-order valence-electron chi connectivity index (χ3n) is 4.05. The van der Waals surface area contributed by atoms with Crippen molar-refractivity contribution >= 4 is 5.91 Å². The SMILES string of the molecule is O=C(Cc1ccc(-c2ccncc2)cc1)NC1CCCC1. The van der Waals surface area contributed by atoms with Crippen molar-refractivity contribution in [3.8, 4) is 11.1 Å². The zero-order chi connectivity index (χ0) is 14.5. The summed E-state index contributed by atoms with van der Waals surface area (Å²) in [5.74, 6) is 0.138. The Morgan fingerprint density at radius 2 is 1.62 bits per heavy atom. The molecular formula is C18H20N2O. The van der Waals surface area contributed by atoms with Crippen LogP contribution in [0.3, 0.4) is 0 Å². The summed E-state index contributed by atoms with van der Waals surface area (Å²) in [4.78, 5) is 16.0. The van der Waals surface area contributed by atoms with E-state index in [9.17, 15) is 4.79 Å². The molecule has 21 heavy (non-hydrogen) atoms. The van der Waals surface area contributed by atoms with E-state index in [1.165, 1.54) is 12.8 Å². The monoisotopic (exact) mass is 280 g/mol. The molecular weight excluding hydrogens is 260 g/mol. The number of hydrogen-bond acceptors (Lipinski definition) is 2. The first kappa shape index (κ1) is 13.8. The molecule has 1 aromatic carbocycles. The molecule has 0 bridgehead atoms. The molecule has 2 aromatic rings. The minimum atomic E-state index is 0.138. The second-order valence-electron chi connectivity index (χ2n) is 5.66. The van der Waals surface area contributed by atoms with Crippen molar-refractivity contribution < 1.29 is 4.79 Å². The van der Waals surface area contributed by atoms with Gasteiger partial charge < -0.3 is 5.32 Å². The Balaban J connectivity index is 1.60. The van der Waals surface area contributed by atoms with Gasteiger partial charge in [0.1, 0.15) is 0 Å². The van der Waals surface area contributed by atoms with E-state index < -0.39 is 0 Å². The van der Waals surface area contributed by atoms with Crippen molar-refractivity contribution in [1.82, 2.24) is 10.3 Å². The van der Waals surface area contributed by atoms with Crippen LogP contribution in [-0.4, -0.2) is 16.9 Å². The van der Waals surface area contributed by atoms with Crippen LogP contribution < -0.4 is 5.32 Å². The molecule has 1 aliphatic carbocycles. The molecule has 1 heterocycles. The Bertz CT molecular complexity index is 586. The predicted molar refractivity (Wildman–Crippen MR) is 83.8 cm³/mol. The van der Waals surface area contributed by atoms with Crippen molar-refractivity contribution in [2.45, 2.75) is 38.1 Å². The van der Waals surface area contributed by atoms with Gasteiger partial charge >= 0.3 is 0 Å². The van der Waals surface area contributed by atoms with Crippen LogP contribution in [0.4, 0.5) is 0 Å². The molecule has 0 aliphatic heterocycles. The van der Waals surface area contributed by atoms with Gasteiger partial charge in [0.15, 0.2) is 0 Å². The van der Waals surface area contributed by atoms with E-state index in [1.807, 2.05) is 24.3 Å². The van der Waals surface area contributed by atoms with Gasteiger partial charge in [-0.05, 0) is 41.7 Å². The first-order valence-corrected chi connectivity index (χ1v) is 7.60. The fourth-order valence-electron chi connectivity index (χ4n) is 2.89. The second-order valence-corrected chi connectivity index (χ2v) is 5.66. The fraction of sp³-hybridized carbons (Fsp3) is 0.333. The zero-order valence-electron chi connectivity index (χ0n) is 12.1. The Morgan fingerprint density at radius 1 is 1.00 bits per heavy atom. The Kier molecular flexibility index (Phi) is 4.29. The standard InChI is InChI=1S/C18H20N2O/c21-18(20-17-3-1-2-4-17)13-14-5-7-15(8-6-14)16-9-11-19-12-10-16/h5-12,17H,1-4,13H2,(H,20,21). The third-order valence-corrected chi connectivity index (χ3v) is 4.05. The maximum Gasteiger partial charge on any atom is 0.224 e. The number of benzene rings is 1. The highest BCUT2D eigenvalue weighted by Gasteiger charge is 2.16. The first-order chi connectivity index (χ1) is 10.3. The van der Waals surface area contributed by atoms with Crippen molar-refractivity contribution in [3.63, 3.8) is 0 Å². The Hall–Kier alpha value is -2.16. The number of carbonyl (C=O) groups is 1. The smallest absolute Gasteiger partial charge is 0.224 e. The molecule has 108 valence electrons. The predicted octanol–water partition coefficient (Wildman–Crippen LogP) is 3.35. The van der Waals surface area contributed by atoms with Crippen molar-refractivity contribution in [2.75, 3.05) is 0 Å². The van der Waals surface area contributed by atoms with E-state index >= 15 is 0 Å². The van der Waals surface area contributed by atoms with Crippen LogP contribution in [-0.2, 0) is 11.2 Å². The number of aromatic nitrogens is 1. The quantitative estimate of drug-likeness (QED) is 0.933. The van der Waals surface area contributed by atoms with Gasteiger partial charge in [-0.3, -0.25) is 9.78 Å². The van der Waals surface area contributed by atoms with Crippen LogP contribution in [0, 0.1) is 0 Å². The lowest BCUT2D eigenvalue weighted by Gasteiger charge is -2.12. The maximum atomic E-state index is 12.0. The lowest BCUT2D eigenvalue weighted by atomic mass is 10.0. The number of amides is 1. The van der Waals surface area contributed by atoms with Crippen LogP contribution in [0.25, 0.3) is 11.1 Å². The van der Waals surface area contributed by atoms with Gasteiger partial charge in [-0.25, -0.2) is 0 Å². The minimum Gasteiger partial charge on any atom is -0.353 e. The number of carbonyl (C=O) groups excluding carboxylic acids is 1. The average molecular weight is 280 g/mol. The summed E-state index contributed by atoms with van der Waals surface area (Å²) in [6.45, 7) is 0. The normalized spacial score (nSPS) is 15.0. The fourth-order valence-corrected chi connectivity index (χ4v) is 2.89. The second kappa shape index (κ2) is 6.53. The van der Waals surface area contributed by atoms with Crippen LogP contribution in [0.15, 0.2) is 48.8 Å². The molecule has 0 spiro atoms. The molecule has 1 N–H and O–H groups in total. The summed E-state index contributed by atoms with van der Waals surface area (Å²) < 4.78 is 0. The first-order valence-electron chi connectivity index (χ1n) is 7.60. The molecule has 3 rings (SSSR count). The highest BCUT2D eigenvalue weighted by molar-refractivity contribution is 5.79. The molecule has 1 aromatic heterocycles. The molecule has 3 nitrogen and oxygen atoms in total. The van der Waals surface area contributed by atoms with Gasteiger partial charge in [-0.15, -0.1) is 0 Å². The molecule has 0 atom stereocenters. The summed E-state index contributed by atoms with van der Waals surface area (Å²) in [6.07, 6.45) is 8.79. The van der Waals surface area contributed by atoms with Crippen LogP contribution in [0.5, 0.6) is 0 Å². The summed E-state index contributed by atoms with van der Waals surface area (Å²) >= 11 is 0. The van der Waals surface area contributed by atoms with E-state index in [0.29, 0.717) is 12.5 Å². The van der Waals surface area contributed by atoms with Gasteiger partial charge in [0.2, 0.25) is 5.91 Å².